The Morgan fingerprint density at radius 3 is 2.53 bits per heavy atom. The lowest BCUT2D eigenvalue weighted by molar-refractivity contribution is -0.141. The number of halogens is 3. The van der Waals surface area contributed by atoms with E-state index in [0.29, 0.717) is 5.69 Å². The molecule has 2 aromatic rings. The standard InChI is InChI=1S/C12H11F3N4/c1-7-3-2-4-8(5-7)17-10-6-9(12(13,14)15)18-11(16)19-10/h2-6H,1H3,(H3,16,17,18,19). The first-order valence-corrected chi connectivity index (χ1v) is 5.40. The monoisotopic (exact) mass is 268 g/mol. The number of nitrogens with one attached hydrogen (secondary N) is 1. The lowest BCUT2D eigenvalue weighted by atomic mass is 10.2. The number of aryl methyl sites for hydroxylation is 1. The van der Waals surface area contributed by atoms with Crippen LogP contribution in [0.15, 0.2) is 30.3 Å². The van der Waals surface area contributed by atoms with Gasteiger partial charge >= 0.3 is 6.18 Å². The molecule has 0 aliphatic carbocycles. The summed E-state index contributed by atoms with van der Waals surface area (Å²) in [4.78, 5) is 6.89. The maximum atomic E-state index is 12.6. The van der Waals surface area contributed by atoms with Gasteiger partial charge in [-0.05, 0) is 24.6 Å². The summed E-state index contributed by atoms with van der Waals surface area (Å²) in [5, 5.41) is 2.77. The van der Waals surface area contributed by atoms with Crippen LogP contribution in [-0.2, 0) is 6.18 Å². The predicted molar refractivity (Wildman–Crippen MR) is 65.9 cm³/mol. The molecule has 0 aliphatic rings. The van der Waals surface area contributed by atoms with E-state index in [9.17, 15) is 13.2 Å². The van der Waals surface area contributed by atoms with Crippen molar-refractivity contribution in [3.05, 3.63) is 41.6 Å². The molecule has 1 aromatic heterocycles. The first-order chi connectivity index (χ1) is 8.84. The van der Waals surface area contributed by atoms with Crippen molar-refractivity contribution in [2.75, 3.05) is 11.1 Å². The van der Waals surface area contributed by atoms with Gasteiger partial charge in [0.05, 0.1) is 0 Å². The Hall–Kier alpha value is -2.31. The molecule has 100 valence electrons. The summed E-state index contributed by atoms with van der Waals surface area (Å²) < 4.78 is 37.7. The van der Waals surface area contributed by atoms with Gasteiger partial charge < -0.3 is 11.1 Å². The topological polar surface area (TPSA) is 63.8 Å². The second kappa shape index (κ2) is 4.75. The number of hydrogen-bond acceptors (Lipinski definition) is 4. The average Bonchev–Trinajstić information content (AvgIpc) is 2.26. The quantitative estimate of drug-likeness (QED) is 0.878. The van der Waals surface area contributed by atoms with Crippen LogP contribution in [0.1, 0.15) is 11.3 Å². The zero-order valence-corrected chi connectivity index (χ0v) is 9.99. The molecule has 7 heteroatoms. The summed E-state index contributed by atoms with van der Waals surface area (Å²) >= 11 is 0. The van der Waals surface area contributed by atoms with Gasteiger partial charge in [0, 0.05) is 11.8 Å². The number of anilines is 3. The highest BCUT2D eigenvalue weighted by Gasteiger charge is 2.33. The lowest BCUT2D eigenvalue weighted by Gasteiger charge is -2.10. The highest BCUT2D eigenvalue weighted by atomic mass is 19.4. The molecule has 0 bridgehead atoms. The average molecular weight is 268 g/mol. The Balaban J connectivity index is 2.33. The SMILES string of the molecule is Cc1cccc(Nc2cc(C(F)(F)F)nc(N)n2)c1. The molecule has 0 fully saturated rings. The summed E-state index contributed by atoms with van der Waals surface area (Å²) in [5.41, 5.74) is 5.81. The van der Waals surface area contributed by atoms with Crippen LogP contribution in [0.2, 0.25) is 0 Å². The van der Waals surface area contributed by atoms with Gasteiger partial charge in [0.2, 0.25) is 5.95 Å². The molecule has 0 atom stereocenters. The number of alkyl halides is 3. The summed E-state index contributed by atoms with van der Waals surface area (Å²) in [5.74, 6) is -0.421. The molecule has 1 heterocycles. The Labute approximate surface area is 107 Å². The van der Waals surface area contributed by atoms with Crippen LogP contribution in [0, 0.1) is 6.92 Å². The van der Waals surface area contributed by atoms with Crippen molar-refractivity contribution in [1.82, 2.24) is 9.97 Å². The number of hydrogen-bond donors (Lipinski definition) is 2. The molecule has 0 radical (unpaired) electrons. The van der Waals surface area contributed by atoms with Crippen LogP contribution < -0.4 is 11.1 Å². The Morgan fingerprint density at radius 2 is 1.89 bits per heavy atom. The molecule has 0 unspecified atom stereocenters. The zero-order valence-electron chi connectivity index (χ0n) is 9.99. The second-order valence-corrected chi connectivity index (χ2v) is 3.99. The normalized spacial score (nSPS) is 11.4. The maximum Gasteiger partial charge on any atom is 0.433 e. The molecule has 2 rings (SSSR count). The number of benzene rings is 1. The van der Waals surface area contributed by atoms with E-state index >= 15 is 0 Å². The van der Waals surface area contributed by atoms with E-state index in [-0.39, 0.29) is 5.82 Å². The van der Waals surface area contributed by atoms with Crippen molar-refractivity contribution in [2.45, 2.75) is 13.1 Å². The lowest BCUT2D eigenvalue weighted by Crippen LogP contribution is -2.12. The second-order valence-electron chi connectivity index (χ2n) is 3.99. The van der Waals surface area contributed by atoms with Crippen molar-refractivity contribution in [3.8, 4) is 0 Å². The molecular weight excluding hydrogens is 257 g/mol. The third kappa shape index (κ3) is 3.34. The summed E-state index contributed by atoms with van der Waals surface area (Å²) in [6.45, 7) is 1.88. The molecule has 0 saturated carbocycles. The van der Waals surface area contributed by atoms with E-state index in [1.165, 1.54) is 0 Å². The van der Waals surface area contributed by atoms with Crippen molar-refractivity contribution < 1.29 is 13.2 Å². The van der Waals surface area contributed by atoms with E-state index in [0.717, 1.165) is 11.6 Å². The molecule has 19 heavy (non-hydrogen) atoms. The first kappa shape index (κ1) is 13.1. The van der Waals surface area contributed by atoms with Crippen molar-refractivity contribution >= 4 is 17.5 Å². The zero-order chi connectivity index (χ0) is 14.0. The van der Waals surface area contributed by atoms with Gasteiger partial charge in [0.15, 0.2) is 5.69 Å². The minimum Gasteiger partial charge on any atom is -0.368 e. The first-order valence-electron chi connectivity index (χ1n) is 5.40. The predicted octanol–water partition coefficient (Wildman–Crippen LogP) is 3.13. The van der Waals surface area contributed by atoms with Crippen LogP contribution in [0.25, 0.3) is 0 Å². The molecule has 0 amide bonds. The van der Waals surface area contributed by atoms with Crippen LogP contribution in [0.3, 0.4) is 0 Å². The number of nitrogen functional groups attached to an aromatic ring is 1. The molecule has 0 saturated heterocycles. The van der Waals surface area contributed by atoms with Crippen LogP contribution in [-0.4, -0.2) is 9.97 Å². The van der Waals surface area contributed by atoms with Crippen LogP contribution >= 0.6 is 0 Å². The van der Waals surface area contributed by atoms with Crippen molar-refractivity contribution in [3.63, 3.8) is 0 Å². The van der Waals surface area contributed by atoms with E-state index in [2.05, 4.69) is 15.3 Å². The summed E-state index contributed by atoms with van der Waals surface area (Å²) in [7, 11) is 0. The minimum atomic E-state index is -4.56. The van der Waals surface area contributed by atoms with E-state index < -0.39 is 17.8 Å². The van der Waals surface area contributed by atoms with Crippen molar-refractivity contribution in [1.29, 1.82) is 0 Å². The Kier molecular flexibility index (Phi) is 3.28. The largest absolute Gasteiger partial charge is 0.433 e. The highest BCUT2D eigenvalue weighted by Crippen LogP contribution is 2.29. The number of rotatable bonds is 2. The van der Waals surface area contributed by atoms with E-state index in [4.69, 9.17) is 5.73 Å². The van der Waals surface area contributed by atoms with Gasteiger partial charge in [-0.1, -0.05) is 12.1 Å². The van der Waals surface area contributed by atoms with E-state index in [1.807, 2.05) is 13.0 Å². The molecule has 4 nitrogen and oxygen atoms in total. The fourth-order valence-corrected chi connectivity index (χ4v) is 1.55. The fourth-order valence-electron chi connectivity index (χ4n) is 1.55. The van der Waals surface area contributed by atoms with Crippen LogP contribution in [0.5, 0.6) is 0 Å². The molecule has 1 aromatic carbocycles. The third-order valence-corrected chi connectivity index (χ3v) is 2.32. The third-order valence-electron chi connectivity index (χ3n) is 2.32. The van der Waals surface area contributed by atoms with Crippen LogP contribution in [0.4, 0.5) is 30.6 Å². The number of aromatic nitrogens is 2. The maximum absolute atomic E-state index is 12.6. The smallest absolute Gasteiger partial charge is 0.368 e. The van der Waals surface area contributed by atoms with E-state index in [1.54, 1.807) is 18.2 Å². The molecule has 3 N–H and O–H groups in total. The summed E-state index contributed by atoms with van der Waals surface area (Å²) in [6, 6.07) is 7.98. The highest BCUT2D eigenvalue weighted by molar-refractivity contribution is 5.58. The number of nitrogens with two attached hydrogens (primary N) is 1. The molecular formula is C12H11F3N4. The fraction of sp³-hybridized carbons (Fsp3) is 0.167. The van der Waals surface area contributed by atoms with Crippen molar-refractivity contribution in [2.24, 2.45) is 0 Å². The van der Waals surface area contributed by atoms with Gasteiger partial charge in [0.1, 0.15) is 5.82 Å². The van der Waals surface area contributed by atoms with Gasteiger partial charge in [0.25, 0.3) is 0 Å². The van der Waals surface area contributed by atoms with Gasteiger partial charge in [-0.3, -0.25) is 0 Å². The number of nitrogens with zero attached hydrogens (tertiary/aromatic N) is 2. The minimum absolute atomic E-state index is 0.00502. The Morgan fingerprint density at radius 1 is 1.16 bits per heavy atom. The molecule has 0 aliphatic heterocycles. The van der Waals surface area contributed by atoms with Gasteiger partial charge in [-0.2, -0.15) is 18.2 Å². The van der Waals surface area contributed by atoms with Gasteiger partial charge in [-0.15, -0.1) is 0 Å². The Bertz CT molecular complexity index is 596. The van der Waals surface area contributed by atoms with Gasteiger partial charge in [-0.25, -0.2) is 4.98 Å². The summed E-state index contributed by atoms with van der Waals surface area (Å²) in [6.07, 6.45) is -4.56. The molecule has 0 spiro atoms.